The zero-order valence-corrected chi connectivity index (χ0v) is 12.8. The molecule has 0 aliphatic heterocycles. The monoisotopic (exact) mass is 344 g/mol. The summed E-state index contributed by atoms with van der Waals surface area (Å²) < 4.78 is 19.0. The molecule has 1 amide bonds. The van der Waals surface area contributed by atoms with Crippen molar-refractivity contribution in [3.8, 4) is 5.75 Å². The third-order valence-corrected chi connectivity index (χ3v) is 3.96. The lowest BCUT2D eigenvalue weighted by Gasteiger charge is -2.20. The Morgan fingerprint density at radius 3 is 2.85 bits per heavy atom. The molecule has 0 saturated heterocycles. The lowest BCUT2D eigenvalue weighted by molar-refractivity contribution is -0.128. The van der Waals surface area contributed by atoms with E-state index in [1.54, 1.807) is 6.92 Å². The highest BCUT2D eigenvalue weighted by atomic mass is 79.9. The molecule has 2 unspecified atom stereocenters. The second-order valence-electron chi connectivity index (χ2n) is 5.02. The molecule has 4 nitrogen and oxygen atoms in total. The van der Waals surface area contributed by atoms with E-state index in [9.17, 15) is 9.18 Å². The molecule has 1 aromatic rings. The molecule has 110 valence electrons. The highest BCUT2D eigenvalue weighted by molar-refractivity contribution is 9.10. The number of carbonyl (C=O) groups is 1. The van der Waals surface area contributed by atoms with Crippen LogP contribution >= 0.6 is 15.9 Å². The topological polar surface area (TPSA) is 64.3 Å². The molecule has 2 atom stereocenters. The maximum Gasteiger partial charge on any atom is 0.261 e. The maximum absolute atomic E-state index is 13.0. The van der Waals surface area contributed by atoms with Crippen LogP contribution in [-0.2, 0) is 4.79 Å². The number of amides is 1. The molecule has 20 heavy (non-hydrogen) atoms. The number of nitrogens with two attached hydrogens (primary N) is 1. The van der Waals surface area contributed by atoms with E-state index >= 15 is 0 Å². The Bertz CT molecular complexity index is 494. The van der Waals surface area contributed by atoms with Crippen LogP contribution in [0.5, 0.6) is 5.75 Å². The van der Waals surface area contributed by atoms with Gasteiger partial charge in [-0.1, -0.05) is 0 Å². The predicted octanol–water partition coefficient (Wildman–Crippen LogP) is 2.21. The molecule has 1 aliphatic carbocycles. The number of rotatable bonds is 6. The van der Waals surface area contributed by atoms with E-state index in [4.69, 9.17) is 10.5 Å². The second kappa shape index (κ2) is 6.54. The average molecular weight is 345 g/mol. The standard InChI is InChI=1S/C14H18BrFN2O2/c1-8(14(19)18-12(7-17)9-2-3-9)20-13-5-4-10(16)6-11(13)15/h4-6,8-9,12H,2-3,7,17H2,1H3,(H,18,19). The molecular weight excluding hydrogens is 327 g/mol. The van der Waals surface area contributed by atoms with Crippen LogP contribution in [0.2, 0.25) is 0 Å². The SMILES string of the molecule is CC(Oc1ccc(F)cc1Br)C(=O)NC(CN)C1CC1. The molecule has 2 rings (SSSR count). The zero-order chi connectivity index (χ0) is 14.7. The molecule has 1 saturated carbocycles. The minimum absolute atomic E-state index is 0.0187. The Morgan fingerprint density at radius 2 is 2.30 bits per heavy atom. The largest absolute Gasteiger partial charge is 0.480 e. The molecule has 1 fully saturated rings. The molecular formula is C14H18BrFN2O2. The van der Waals surface area contributed by atoms with Crippen molar-refractivity contribution >= 4 is 21.8 Å². The number of halogens is 2. The number of benzene rings is 1. The molecule has 0 radical (unpaired) electrons. The first kappa shape index (κ1) is 15.3. The van der Waals surface area contributed by atoms with Gasteiger partial charge in [-0.05, 0) is 59.8 Å². The smallest absolute Gasteiger partial charge is 0.261 e. The van der Waals surface area contributed by atoms with Crippen molar-refractivity contribution in [3.05, 3.63) is 28.5 Å². The summed E-state index contributed by atoms with van der Waals surface area (Å²) in [6.07, 6.45) is 1.56. The molecule has 0 spiro atoms. The number of ether oxygens (including phenoxy) is 1. The van der Waals surface area contributed by atoms with Gasteiger partial charge >= 0.3 is 0 Å². The van der Waals surface area contributed by atoms with Gasteiger partial charge in [-0.3, -0.25) is 4.79 Å². The lowest BCUT2D eigenvalue weighted by Crippen LogP contribution is -2.46. The average Bonchev–Trinajstić information content (AvgIpc) is 3.23. The van der Waals surface area contributed by atoms with Crippen molar-refractivity contribution in [2.24, 2.45) is 11.7 Å². The molecule has 6 heteroatoms. The maximum atomic E-state index is 13.0. The van der Waals surface area contributed by atoms with Crippen LogP contribution in [0.3, 0.4) is 0 Å². The van der Waals surface area contributed by atoms with Crippen molar-refractivity contribution in [2.75, 3.05) is 6.54 Å². The zero-order valence-electron chi connectivity index (χ0n) is 11.2. The third-order valence-electron chi connectivity index (χ3n) is 3.34. The van der Waals surface area contributed by atoms with Gasteiger partial charge in [-0.25, -0.2) is 4.39 Å². The molecule has 1 aromatic carbocycles. The molecule has 1 aliphatic rings. The van der Waals surface area contributed by atoms with E-state index in [-0.39, 0.29) is 17.8 Å². The van der Waals surface area contributed by atoms with Gasteiger partial charge in [0.1, 0.15) is 11.6 Å². The predicted molar refractivity (Wildman–Crippen MR) is 77.9 cm³/mol. The molecule has 0 bridgehead atoms. The fourth-order valence-corrected chi connectivity index (χ4v) is 2.43. The van der Waals surface area contributed by atoms with Crippen molar-refractivity contribution in [1.82, 2.24) is 5.32 Å². The normalized spacial score (nSPS) is 17.4. The van der Waals surface area contributed by atoms with Gasteiger partial charge < -0.3 is 15.8 Å². The van der Waals surface area contributed by atoms with E-state index in [0.717, 1.165) is 12.8 Å². The summed E-state index contributed by atoms with van der Waals surface area (Å²) in [4.78, 5) is 12.0. The molecule has 3 N–H and O–H groups in total. The molecule has 0 heterocycles. The Balaban J connectivity index is 1.93. The van der Waals surface area contributed by atoms with E-state index in [1.807, 2.05) is 0 Å². The Kier molecular flexibility index (Phi) is 4.99. The van der Waals surface area contributed by atoms with Crippen molar-refractivity contribution in [1.29, 1.82) is 0 Å². The third kappa shape index (κ3) is 3.93. The van der Waals surface area contributed by atoms with Crippen LogP contribution < -0.4 is 15.8 Å². The lowest BCUT2D eigenvalue weighted by atomic mass is 10.2. The van der Waals surface area contributed by atoms with E-state index in [2.05, 4.69) is 21.2 Å². The summed E-state index contributed by atoms with van der Waals surface area (Å²) >= 11 is 3.21. The van der Waals surface area contributed by atoms with Gasteiger partial charge in [0.25, 0.3) is 5.91 Å². The number of carbonyl (C=O) groups excluding carboxylic acids is 1. The highest BCUT2D eigenvalue weighted by Gasteiger charge is 2.32. The van der Waals surface area contributed by atoms with Crippen molar-refractivity contribution in [2.45, 2.75) is 31.9 Å². The van der Waals surface area contributed by atoms with Gasteiger partial charge in [-0.15, -0.1) is 0 Å². The number of hydrogen-bond acceptors (Lipinski definition) is 3. The van der Waals surface area contributed by atoms with Crippen LogP contribution in [0.15, 0.2) is 22.7 Å². The molecule has 0 aromatic heterocycles. The minimum Gasteiger partial charge on any atom is -0.480 e. The Morgan fingerprint density at radius 1 is 1.60 bits per heavy atom. The Labute approximate surface area is 126 Å². The fourth-order valence-electron chi connectivity index (χ4n) is 1.98. The first-order valence-corrected chi connectivity index (χ1v) is 7.42. The minimum atomic E-state index is -0.662. The summed E-state index contributed by atoms with van der Waals surface area (Å²) in [5.41, 5.74) is 5.65. The summed E-state index contributed by atoms with van der Waals surface area (Å²) in [6.45, 7) is 2.09. The van der Waals surface area contributed by atoms with E-state index < -0.39 is 6.10 Å². The van der Waals surface area contributed by atoms with E-state index in [1.165, 1.54) is 18.2 Å². The van der Waals surface area contributed by atoms with Crippen molar-refractivity contribution in [3.63, 3.8) is 0 Å². The number of hydrogen-bond donors (Lipinski definition) is 2. The quantitative estimate of drug-likeness (QED) is 0.831. The fraction of sp³-hybridized carbons (Fsp3) is 0.500. The van der Waals surface area contributed by atoms with Crippen LogP contribution in [0.1, 0.15) is 19.8 Å². The van der Waals surface area contributed by atoms with Gasteiger partial charge in [0.15, 0.2) is 6.10 Å². The van der Waals surface area contributed by atoms with Crippen LogP contribution in [0.4, 0.5) is 4.39 Å². The first-order chi connectivity index (χ1) is 9.51. The van der Waals surface area contributed by atoms with Gasteiger partial charge in [0.05, 0.1) is 4.47 Å². The Hall–Kier alpha value is -1.14. The van der Waals surface area contributed by atoms with Crippen LogP contribution in [-0.4, -0.2) is 24.6 Å². The van der Waals surface area contributed by atoms with Crippen LogP contribution in [0.25, 0.3) is 0 Å². The number of nitrogens with one attached hydrogen (secondary N) is 1. The van der Waals surface area contributed by atoms with Crippen LogP contribution in [0, 0.1) is 11.7 Å². The van der Waals surface area contributed by atoms with Gasteiger partial charge in [-0.2, -0.15) is 0 Å². The summed E-state index contributed by atoms with van der Waals surface area (Å²) in [5, 5.41) is 2.90. The van der Waals surface area contributed by atoms with E-state index in [0.29, 0.717) is 22.7 Å². The van der Waals surface area contributed by atoms with Gasteiger partial charge in [0, 0.05) is 12.6 Å². The summed E-state index contributed by atoms with van der Waals surface area (Å²) in [5.74, 6) is 0.361. The summed E-state index contributed by atoms with van der Waals surface area (Å²) in [6, 6.07) is 4.10. The first-order valence-electron chi connectivity index (χ1n) is 6.63. The summed E-state index contributed by atoms with van der Waals surface area (Å²) in [7, 11) is 0. The van der Waals surface area contributed by atoms with Crippen molar-refractivity contribution < 1.29 is 13.9 Å². The van der Waals surface area contributed by atoms with Gasteiger partial charge in [0.2, 0.25) is 0 Å². The second-order valence-corrected chi connectivity index (χ2v) is 5.88. The highest BCUT2D eigenvalue weighted by Crippen LogP contribution is 2.32.